The van der Waals surface area contributed by atoms with Crippen molar-refractivity contribution in [2.75, 3.05) is 0 Å². The fourth-order valence-electron chi connectivity index (χ4n) is 4.08. The molecule has 0 saturated heterocycles. The van der Waals surface area contributed by atoms with Crippen molar-refractivity contribution in [2.24, 2.45) is 17.8 Å². The molecule has 0 aromatic heterocycles. The zero-order valence-corrected chi connectivity index (χ0v) is 29.9. The molecule has 0 bridgehead atoms. The Hall–Kier alpha value is -2.33. The largest absolute Gasteiger partial charge is 3.00 e. The molecule has 240 valence electrons. The molecule has 7 heteroatoms. The van der Waals surface area contributed by atoms with E-state index in [1.54, 1.807) is 0 Å². The third-order valence-corrected chi connectivity index (χ3v) is 7.08. The summed E-state index contributed by atoms with van der Waals surface area (Å²) in [6, 6.07) is 20.8. The maximum absolute atomic E-state index is 10.3. The van der Waals surface area contributed by atoms with Gasteiger partial charge in [-0.1, -0.05) is 141 Å². The van der Waals surface area contributed by atoms with Crippen LogP contribution >= 0.6 is 0 Å². The van der Waals surface area contributed by atoms with Gasteiger partial charge in [0.2, 0.25) is 0 Å². The number of unbranched alkanes of at least 4 members (excludes halogenated alkanes) is 3. The minimum atomic E-state index is -0.893. The van der Waals surface area contributed by atoms with Crippen molar-refractivity contribution in [3.8, 4) is 11.1 Å². The van der Waals surface area contributed by atoms with Crippen molar-refractivity contribution < 1.29 is 29.7 Å². The summed E-state index contributed by atoms with van der Waals surface area (Å²) in [5.74, 6) is -3.34. The van der Waals surface area contributed by atoms with E-state index in [1.807, 2.05) is 32.9 Å². The van der Waals surface area contributed by atoms with Crippen LogP contribution in [0.2, 0.25) is 0 Å². The van der Waals surface area contributed by atoms with Gasteiger partial charge in [-0.25, -0.2) is 0 Å². The van der Waals surface area contributed by atoms with Crippen LogP contribution in [0.3, 0.4) is 0 Å². The number of carboxylic acid groups (broad SMARTS) is 3. The summed E-state index contributed by atoms with van der Waals surface area (Å²) in [7, 11) is 0. The summed E-state index contributed by atoms with van der Waals surface area (Å²) in [6.45, 7) is 11.8. The van der Waals surface area contributed by atoms with Crippen LogP contribution in [-0.2, 0) is 14.4 Å². The molecule has 6 nitrogen and oxygen atoms in total. The smallest absolute Gasteiger partial charge is 0.550 e. The zero-order chi connectivity index (χ0) is 32.2. The fraction of sp³-hybridized carbons (Fsp3) is 0.583. The molecule has 0 heterocycles. The van der Waals surface area contributed by atoms with E-state index in [-0.39, 0.29) is 42.2 Å². The number of carbonyl (C=O) groups excluding carboxylic acids is 3. The Kier molecular flexibility index (Phi) is 32.6. The van der Waals surface area contributed by atoms with Gasteiger partial charge in [0, 0.05) is 17.9 Å². The van der Waals surface area contributed by atoms with Crippen molar-refractivity contribution in [3.63, 3.8) is 0 Å². The van der Waals surface area contributed by atoms with E-state index >= 15 is 0 Å². The minimum Gasteiger partial charge on any atom is -0.550 e. The van der Waals surface area contributed by atoms with Gasteiger partial charge in [0.15, 0.2) is 0 Å². The van der Waals surface area contributed by atoms with Crippen LogP contribution in [0.25, 0.3) is 11.1 Å². The SMILES string of the molecule is CCCCC(CC)C(=O)[O-].CCCCC(CC)C(=O)[O-].CCCCC(CC)C(=O)[O-].[Sb+3].c1ccc(-c2ccccc2)cc1. The van der Waals surface area contributed by atoms with E-state index in [0.29, 0.717) is 19.3 Å². The molecular formula is C36H55O6Sb. The zero-order valence-electron chi connectivity index (χ0n) is 27.4. The summed E-state index contributed by atoms with van der Waals surface area (Å²) in [4.78, 5) is 31.0. The third-order valence-electron chi connectivity index (χ3n) is 7.08. The van der Waals surface area contributed by atoms with Gasteiger partial charge in [-0.3, -0.25) is 0 Å². The molecule has 2 rings (SSSR count). The number of aliphatic carboxylic acids is 3. The molecule has 3 unspecified atom stereocenters. The first kappa shape index (κ1) is 45.1. The molecule has 0 aliphatic rings. The molecule has 0 spiro atoms. The molecule has 0 aliphatic heterocycles. The summed E-state index contributed by atoms with van der Waals surface area (Å²) >= 11 is 0. The van der Waals surface area contributed by atoms with E-state index in [0.717, 1.165) is 57.8 Å². The molecule has 2 aromatic rings. The molecule has 0 aliphatic carbocycles. The van der Waals surface area contributed by atoms with E-state index < -0.39 is 17.9 Å². The molecule has 2 aromatic carbocycles. The van der Waals surface area contributed by atoms with E-state index in [1.165, 1.54) is 11.1 Å². The Morgan fingerprint density at radius 2 is 0.721 bits per heavy atom. The first-order valence-electron chi connectivity index (χ1n) is 15.9. The standard InChI is InChI=1S/C12H10.3C8H16O2.Sb/c1-3-7-11(8-4-1)12-9-5-2-6-10-12;3*1-3-5-6-7(4-2)8(9)10;/h1-10H;3*7H,3-6H2,1-2H3,(H,9,10);/q;;;;+3/p-3. The van der Waals surface area contributed by atoms with Gasteiger partial charge in [-0.15, -0.1) is 0 Å². The quantitative estimate of drug-likeness (QED) is 0.203. The van der Waals surface area contributed by atoms with Crippen LogP contribution in [-0.4, -0.2) is 42.3 Å². The second kappa shape index (κ2) is 31.1. The Morgan fingerprint density at radius 3 is 0.884 bits per heavy atom. The topological polar surface area (TPSA) is 120 Å². The fourth-order valence-corrected chi connectivity index (χ4v) is 4.08. The summed E-state index contributed by atoms with van der Waals surface area (Å²) in [6.07, 6.45) is 10.6. The second-order valence-electron chi connectivity index (χ2n) is 10.4. The van der Waals surface area contributed by atoms with Gasteiger partial charge < -0.3 is 29.7 Å². The number of carboxylic acids is 3. The second-order valence-corrected chi connectivity index (χ2v) is 10.4. The maximum atomic E-state index is 10.3. The van der Waals surface area contributed by atoms with E-state index in [4.69, 9.17) is 0 Å². The number of hydrogen-bond acceptors (Lipinski definition) is 6. The third kappa shape index (κ3) is 24.8. The average molecular weight is 706 g/mol. The van der Waals surface area contributed by atoms with Gasteiger partial charge in [0.25, 0.3) is 0 Å². The predicted molar refractivity (Wildman–Crippen MR) is 173 cm³/mol. The van der Waals surface area contributed by atoms with Gasteiger partial charge in [-0.05, 0) is 67.4 Å². The Morgan fingerprint density at radius 1 is 0.488 bits per heavy atom. The molecule has 0 saturated carbocycles. The van der Waals surface area contributed by atoms with Crippen molar-refractivity contribution in [1.82, 2.24) is 0 Å². The normalized spacial score (nSPS) is 11.8. The van der Waals surface area contributed by atoms with Crippen molar-refractivity contribution >= 4 is 42.3 Å². The van der Waals surface area contributed by atoms with Crippen molar-refractivity contribution in [3.05, 3.63) is 60.7 Å². The van der Waals surface area contributed by atoms with E-state index in [9.17, 15) is 29.7 Å². The van der Waals surface area contributed by atoms with Gasteiger partial charge >= 0.3 is 24.4 Å². The Labute approximate surface area is 279 Å². The first-order chi connectivity index (χ1) is 20.1. The molecule has 3 atom stereocenters. The number of rotatable bonds is 16. The van der Waals surface area contributed by atoms with Gasteiger partial charge in [-0.2, -0.15) is 0 Å². The van der Waals surface area contributed by atoms with Crippen LogP contribution in [0, 0.1) is 17.8 Å². The molecule has 2 radical (unpaired) electrons. The predicted octanol–water partition coefficient (Wildman–Crippen LogP) is 5.83. The van der Waals surface area contributed by atoms with Crippen molar-refractivity contribution in [2.45, 2.75) is 119 Å². The Balaban J connectivity index is -0.000000495. The molecule has 0 amide bonds. The van der Waals surface area contributed by atoms with Crippen LogP contribution in [0.1, 0.15) is 119 Å². The van der Waals surface area contributed by atoms with Crippen LogP contribution in [0.5, 0.6) is 0 Å². The van der Waals surface area contributed by atoms with Crippen molar-refractivity contribution in [1.29, 1.82) is 0 Å². The Bertz CT molecular complexity index is 821. The van der Waals surface area contributed by atoms with Gasteiger partial charge in [0.1, 0.15) is 0 Å². The molecular weight excluding hydrogens is 650 g/mol. The number of carbonyl (C=O) groups is 3. The van der Waals surface area contributed by atoms with Crippen LogP contribution in [0.15, 0.2) is 60.7 Å². The van der Waals surface area contributed by atoms with Crippen LogP contribution in [0.4, 0.5) is 0 Å². The molecule has 43 heavy (non-hydrogen) atoms. The maximum Gasteiger partial charge on any atom is 3.00 e. The monoisotopic (exact) mass is 704 g/mol. The van der Waals surface area contributed by atoms with Gasteiger partial charge in [0.05, 0.1) is 0 Å². The molecule has 0 N–H and O–H groups in total. The van der Waals surface area contributed by atoms with Crippen LogP contribution < -0.4 is 15.3 Å². The first-order valence-corrected chi connectivity index (χ1v) is 15.9. The summed E-state index contributed by atoms with van der Waals surface area (Å²) in [5.41, 5.74) is 2.55. The molecule has 0 fully saturated rings. The van der Waals surface area contributed by atoms with E-state index in [2.05, 4.69) is 69.3 Å². The number of hydrogen-bond donors (Lipinski definition) is 0. The summed E-state index contributed by atoms with van der Waals surface area (Å²) < 4.78 is 0. The summed E-state index contributed by atoms with van der Waals surface area (Å²) in [5, 5.41) is 31.0. The minimum absolute atomic E-state index is 0. The average Bonchev–Trinajstić information content (AvgIpc) is 3.00. The number of benzene rings is 2.